The SMILES string of the molecule is CCC1CCC(C(O)CC(O)CCc2ccc(O)c(OCCC(Cc3ccc[nH]3)c3ccnc(N)c3)c2)CC(NCC(C)O)C1. The summed E-state index contributed by atoms with van der Waals surface area (Å²) in [6.07, 6.45) is 10.1. The Morgan fingerprint density at radius 3 is 2.67 bits per heavy atom. The van der Waals surface area contributed by atoms with Crippen LogP contribution in [-0.2, 0) is 12.8 Å². The molecule has 248 valence electrons. The van der Waals surface area contributed by atoms with Crippen LogP contribution in [0.2, 0.25) is 0 Å². The van der Waals surface area contributed by atoms with E-state index in [9.17, 15) is 20.4 Å². The third-order valence-electron chi connectivity index (χ3n) is 9.41. The first-order valence-corrected chi connectivity index (χ1v) is 16.8. The number of aliphatic hydroxyl groups excluding tert-OH is 3. The Kier molecular flexibility index (Phi) is 13.6. The molecule has 7 atom stereocenters. The van der Waals surface area contributed by atoms with Crippen molar-refractivity contribution in [3.05, 3.63) is 71.7 Å². The number of phenols is 1. The molecule has 1 aliphatic carbocycles. The number of aryl methyl sites for hydroxylation is 1. The second-order valence-corrected chi connectivity index (χ2v) is 13.1. The highest BCUT2D eigenvalue weighted by Crippen LogP contribution is 2.33. The van der Waals surface area contributed by atoms with E-state index < -0.39 is 18.3 Å². The van der Waals surface area contributed by atoms with E-state index in [0.29, 0.717) is 49.9 Å². The number of nitrogens with zero attached hydrogens (tertiary/aromatic N) is 1. The molecule has 2 aromatic heterocycles. The molecule has 9 heteroatoms. The van der Waals surface area contributed by atoms with E-state index in [-0.39, 0.29) is 23.6 Å². The number of nitrogens with one attached hydrogen (secondary N) is 2. The maximum atomic E-state index is 11.1. The van der Waals surface area contributed by atoms with Crippen LogP contribution in [0.3, 0.4) is 0 Å². The summed E-state index contributed by atoms with van der Waals surface area (Å²) in [6.45, 7) is 4.97. The Bertz CT molecular complexity index is 1270. The molecular formula is C36H54N4O5. The van der Waals surface area contributed by atoms with Gasteiger partial charge in [-0.3, -0.25) is 0 Å². The fourth-order valence-corrected chi connectivity index (χ4v) is 6.70. The third kappa shape index (κ3) is 11.3. The number of H-pyrrole nitrogens is 1. The molecule has 0 amide bonds. The Morgan fingerprint density at radius 2 is 1.93 bits per heavy atom. The minimum atomic E-state index is -0.631. The van der Waals surface area contributed by atoms with Crippen LogP contribution in [0.4, 0.5) is 5.82 Å². The van der Waals surface area contributed by atoms with Gasteiger partial charge in [-0.1, -0.05) is 25.8 Å². The van der Waals surface area contributed by atoms with Crippen LogP contribution in [0.25, 0.3) is 0 Å². The minimum absolute atomic E-state index is 0.0845. The summed E-state index contributed by atoms with van der Waals surface area (Å²) >= 11 is 0. The molecule has 9 nitrogen and oxygen atoms in total. The van der Waals surface area contributed by atoms with Crippen LogP contribution in [0.1, 0.15) is 88.0 Å². The molecule has 1 fully saturated rings. The second-order valence-electron chi connectivity index (χ2n) is 13.1. The summed E-state index contributed by atoms with van der Waals surface area (Å²) in [6, 6.07) is 13.5. The monoisotopic (exact) mass is 622 g/mol. The molecule has 1 aliphatic rings. The number of hydrogen-bond acceptors (Lipinski definition) is 8. The summed E-state index contributed by atoms with van der Waals surface area (Å²) in [4.78, 5) is 7.40. The van der Waals surface area contributed by atoms with Crippen molar-refractivity contribution in [1.29, 1.82) is 0 Å². The van der Waals surface area contributed by atoms with Crippen LogP contribution in [0.15, 0.2) is 54.9 Å². The minimum Gasteiger partial charge on any atom is -0.504 e. The lowest BCUT2D eigenvalue weighted by molar-refractivity contribution is 0.0327. The van der Waals surface area contributed by atoms with E-state index >= 15 is 0 Å². The summed E-state index contributed by atoms with van der Waals surface area (Å²) in [5.41, 5.74) is 9.14. The summed E-state index contributed by atoms with van der Waals surface area (Å²) in [7, 11) is 0. The van der Waals surface area contributed by atoms with Gasteiger partial charge in [-0.15, -0.1) is 0 Å². The van der Waals surface area contributed by atoms with E-state index in [1.165, 1.54) is 0 Å². The number of ether oxygens (including phenoxy) is 1. The molecular weight excluding hydrogens is 568 g/mol. The number of hydrogen-bond donors (Lipinski definition) is 7. The Hall–Kier alpha value is -3.11. The van der Waals surface area contributed by atoms with Gasteiger partial charge in [-0.2, -0.15) is 0 Å². The molecule has 4 rings (SSSR count). The number of aromatic nitrogens is 2. The Morgan fingerprint density at radius 1 is 1.09 bits per heavy atom. The Balaban J connectivity index is 1.28. The number of aliphatic hydroxyl groups is 3. The third-order valence-corrected chi connectivity index (χ3v) is 9.41. The highest BCUT2D eigenvalue weighted by Gasteiger charge is 2.30. The number of aromatic amines is 1. The van der Waals surface area contributed by atoms with E-state index in [4.69, 9.17) is 10.5 Å². The first kappa shape index (κ1) is 34.8. The molecule has 0 aliphatic heterocycles. The molecule has 45 heavy (non-hydrogen) atoms. The van der Waals surface area contributed by atoms with Crippen molar-refractivity contribution >= 4 is 5.82 Å². The van der Waals surface area contributed by atoms with Crippen LogP contribution < -0.4 is 15.8 Å². The van der Waals surface area contributed by atoms with Gasteiger partial charge in [0.05, 0.1) is 24.9 Å². The van der Waals surface area contributed by atoms with Crippen molar-refractivity contribution < 1.29 is 25.2 Å². The van der Waals surface area contributed by atoms with Crippen molar-refractivity contribution in [3.8, 4) is 11.5 Å². The number of benzene rings is 1. The molecule has 3 aromatic rings. The van der Waals surface area contributed by atoms with Crippen LogP contribution in [0, 0.1) is 11.8 Å². The lowest BCUT2D eigenvalue weighted by Crippen LogP contribution is -2.38. The number of phenolic OH excluding ortho intramolecular Hbond substituents is 1. The first-order valence-electron chi connectivity index (χ1n) is 16.8. The Labute approximate surface area is 268 Å². The lowest BCUT2D eigenvalue weighted by atomic mass is 9.88. The highest BCUT2D eigenvalue weighted by atomic mass is 16.5. The number of aromatic hydroxyl groups is 1. The van der Waals surface area contributed by atoms with Gasteiger partial charge in [0, 0.05) is 30.7 Å². The number of nitrogens with two attached hydrogens (primary N) is 1. The van der Waals surface area contributed by atoms with Crippen molar-refractivity contribution in [2.75, 3.05) is 18.9 Å². The molecule has 1 saturated carbocycles. The van der Waals surface area contributed by atoms with Gasteiger partial charge in [-0.05, 0) is 124 Å². The summed E-state index contributed by atoms with van der Waals surface area (Å²) in [5, 5.41) is 45.7. The van der Waals surface area contributed by atoms with Gasteiger partial charge in [0.2, 0.25) is 0 Å². The average molecular weight is 623 g/mol. The topological polar surface area (TPSA) is 157 Å². The molecule has 0 bridgehead atoms. The van der Waals surface area contributed by atoms with E-state index in [2.05, 4.69) is 28.3 Å². The normalized spacial score (nSPS) is 21.5. The van der Waals surface area contributed by atoms with Gasteiger partial charge in [0.15, 0.2) is 11.5 Å². The van der Waals surface area contributed by atoms with E-state index in [0.717, 1.165) is 61.8 Å². The van der Waals surface area contributed by atoms with Gasteiger partial charge in [-0.25, -0.2) is 4.98 Å². The zero-order valence-electron chi connectivity index (χ0n) is 26.9. The van der Waals surface area contributed by atoms with Crippen LogP contribution >= 0.6 is 0 Å². The molecule has 0 spiro atoms. The molecule has 0 radical (unpaired) electrons. The summed E-state index contributed by atoms with van der Waals surface area (Å²) < 4.78 is 6.07. The fraction of sp³-hybridized carbons (Fsp3) is 0.583. The molecule has 0 saturated heterocycles. The smallest absolute Gasteiger partial charge is 0.161 e. The standard InChI is InChI=1S/C36H54N4O5/c1-3-25-6-9-29(20-31(17-25)40-23-24(2)41)34(44)22-32(42)10-7-26-8-11-33(43)35(18-26)45-16-13-28(19-30-5-4-14-38-30)27-12-15-39-36(37)21-27/h4-5,8,11-12,14-15,18,21,24-25,28-29,31-32,34,38,40-44H,3,6-7,9-10,13,16-17,19-20,22-23H2,1-2H3,(H2,37,39). The predicted octanol–water partition coefficient (Wildman–Crippen LogP) is 5.09. The van der Waals surface area contributed by atoms with Gasteiger partial charge >= 0.3 is 0 Å². The summed E-state index contributed by atoms with van der Waals surface area (Å²) in [5.74, 6) is 1.89. The van der Waals surface area contributed by atoms with Crippen LogP contribution in [0.5, 0.6) is 11.5 Å². The van der Waals surface area contributed by atoms with Crippen molar-refractivity contribution in [2.24, 2.45) is 11.8 Å². The maximum absolute atomic E-state index is 11.1. The van der Waals surface area contributed by atoms with Gasteiger partial charge in [0.1, 0.15) is 5.82 Å². The van der Waals surface area contributed by atoms with Crippen LogP contribution in [-0.4, -0.2) is 67.9 Å². The predicted molar refractivity (Wildman–Crippen MR) is 178 cm³/mol. The molecule has 7 unspecified atom stereocenters. The zero-order chi connectivity index (χ0) is 32.2. The van der Waals surface area contributed by atoms with E-state index in [1.807, 2.05) is 36.5 Å². The molecule has 8 N–H and O–H groups in total. The number of rotatable bonds is 17. The quantitative estimate of drug-likeness (QED) is 0.103. The van der Waals surface area contributed by atoms with Crippen molar-refractivity contribution in [1.82, 2.24) is 15.3 Å². The number of anilines is 1. The average Bonchev–Trinajstić information content (AvgIpc) is 3.44. The number of pyridine rings is 1. The maximum Gasteiger partial charge on any atom is 0.161 e. The number of nitrogen functional groups attached to an aromatic ring is 1. The van der Waals surface area contributed by atoms with E-state index in [1.54, 1.807) is 19.2 Å². The largest absolute Gasteiger partial charge is 0.504 e. The second kappa shape index (κ2) is 17.5. The van der Waals surface area contributed by atoms with Gasteiger partial charge < -0.3 is 41.2 Å². The van der Waals surface area contributed by atoms with Crippen molar-refractivity contribution in [2.45, 2.75) is 108 Å². The first-order chi connectivity index (χ1) is 21.7. The lowest BCUT2D eigenvalue weighted by Gasteiger charge is -2.27. The zero-order valence-corrected chi connectivity index (χ0v) is 26.9. The molecule has 1 aromatic carbocycles. The highest BCUT2D eigenvalue weighted by molar-refractivity contribution is 5.42. The fourth-order valence-electron chi connectivity index (χ4n) is 6.70. The molecule has 2 heterocycles. The van der Waals surface area contributed by atoms with Crippen molar-refractivity contribution in [3.63, 3.8) is 0 Å². The van der Waals surface area contributed by atoms with Gasteiger partial charge in [0.25, 0.3) is 0 Å².